The van der Waals surface area contributed by atoms with Crippen molar-refractivity contribution < 1.29 is 27.5 Å². The third kappa shape index (κ3) is 2.68. The van der Waals surface area contributed by atoms with E-state index < -0.39 is 29.7 Å². The summed E-state index contributed by atoms with van der Waals surface area (Å²) in [5.74, 6) is -1.51. The fraction of sp³-hybridized carbons (Fsp3) is 0.333. The van der Waals surface area contributed by atoms with Gasteiger partial charge >= 0.3 is 12.1 Å². The second-order valence-corrected chi connectivity index (χ2v) is 4.08. The highest BCUT2D eigenvalue weighted by Crippen LogP contribution is 2.35. The van der Waals surface area contributed by atoms with Gasteiger partial charge in [-0.05, 0) is 25.1 Å². The summed E-state index contributed by atoms with van der Waals surface area (Å²) in [4.78, 5) is 23.2. The number of carbonyl (C=O) groups is 2. The number of hydrogen-bond donors (Lipinski definition) is 2. The molecule has 8 heteroatoms. The van der Waals surface area contributed by atoms with E-state index in [9.17, 15) is 22.8 Å². The molecule has 0 aromatic heterocycles. The Labute approximate surface area is 112 Å². The fourth-order valence-corrected chi connectivity index (χ4v) is 1.77. The van der Waals surface area contributed by atoms with Crippen LogP contribution >= 0.6 is 0 Å². The first kappa shape index (κ1) is 14.2. The van der Waals surface area contributed by atoms with Crippen LogP contribution in [0.2, 0.25) is 0 Å². The summed E-state index contributed by atoms with van der Waals surface area (Å²) in [7, 11) is 0. The Morgan fingerprint density at radius 2 is 2.05 bits per heavy atom. The van der Waals surface area contributed by atoms with Gasteiger partial charge < -0.3 is 15.4 Å². The third-order valence-corrected chi connectivity index (χ3v) is 2.69. The predicted molar refractivity (Wildman–Crippen MR) is 64.1 cm³/mol. The lowest BCUT2D eigenvalue weighted by molar-refractivity contribution is -0.146. The molecule has 1 unspecified atom stereocenters. The summed E-state index contributed by atoms with van der Waals surface area (Å²) >= 11 is 0. The monoisotopic (exact) mass is 288 g/mol. The number of anilines is 2. The lowest BCUT2D eigenvalue weighted by atomic mass is 10.1. The molecule has 2 rings (SSSR count). The van der Waals surface area contributed by atoms with E-state index in [1.165, 1.54) is 0 Å². The Bertz CT molecular complexity index is 557. The van der Waals surface area contributed by atoms with Gasteiger partial charge in [-0.15, -0.1) is 0 Å². The second kappa shape index (κ2) is 5.03. The van der Waals surface area contributed by atoms with E-state index in [4.69, 9.17) is 0 Å². The van der Waals surface area contributed by atoms with Gasteiger partial charge in [0.25, 0.3) is 5.91 Å². The van der Waals surface area contributed by atoms with Crippen molar-refractivity contribution in [2.24, 2.45) is 0 Å². The average molecular weight is 288 g/mol. The Balaban J connectivity index is 2.30. The van der Waals surface area contributed by atoms with E-state index in [2.05, 4.69) is 15.4 Å². The van der Waals surface area contributed by atoms with Crippen molar-refractivity contribution in [1.29, 1.82) is 0 Å². The first-order chi connectivity index (χ1) is 9.32. The van der Waals surface area contributed by atoms with Crippen LogP contribution in [0.15, 0.2) is 18.2 Å². The minimum Gasteiger partial charge on any atom is -0.464 e. The normalized spacial score (nSPS) is 17.8. The number of esters is 1. The van der Waals surface area contributed by atoms with E-state index in [0.717, 1.165) is 18.2 Å². The summed E-state index contributed by atoms with van der Waals surface area (Å²) in [6.45, 7) is 1.63. The molecular formula is C12H11F3N2O3. The maximum atomic E-state index is 12.6. The summed E-state index contributed by atoms with van der Waals surface area (Å²) < 4.78 is 42.5. The zero-order valence-electron chi connectivity index (χ0n) is 10.4. The zero-order chi connectivity index (χ0) is 14.9. The zero-order valence-corrected chi connectivity index (χ0v) is 10.4. The van der Waals surface area contributed by atoms with Gasteiger partial charge in [0.2, 0.25) is 6.04 Å². The smallest absolute Gasteiger partial charge is 0.416 e. The molecule has 1 atom stereocenters. The second-order valence-electron chi connectivity index (χ2n) is 4.08. The Hall–Kier alpha value is -2.25. The first-order valence-electron chi connectivity index (χ1n) is 5.78. The van der Waals surface area contributed by atoms with Gasteiger partial charge in [-0.2, -0.15) is 13.2 Å². The number of halogens is 3. The van der Waals surface area contributed by atoms with Crippen LogP contribution in [0.25, 0.3) is 0 Å². The van der Waals surface area contributed by atoms with Crippen molar-refractivity contribution in [1.82, 2.24) is 0 Å². The summed E-state index contributed by atoms with van der Waals surface area (Å²) in [6.07, 6.45) is -4.50. The highest BCUT2D eigenvalue weighted by Gasteiger charge is 2.36. The molecule has 0 saturated heterocycles. The Morgan fingerprint density at radius 3 is 2.65 bits per heavy atom. The summed E-state index contributed by atoms with van der Waals surface area (Å²) in [6, 6.07) is 1.46. The molecule has 0 aliphatic carbocycles. The van der Waals surface area contributed by atoms with Crippen LogP contribution in [0.1, 0.15) is 12.5 Å². The number of fused-ring (bicyclic) bond motifs is 1. The van der Waals surface area contributed by atoms with Gasteiger partial charge in [0, 0.05) is 0 Å². The molecule has 1 aliphatic rings. The number of hydrogen-bond acceptors (Lipinski definition) is 4. The van der Waals surface area contributed by atoms with Gasteiger partial charge in [0.15, 0.2) is 0 Å². The molecule has 108 valence electrons. The number of rotatable bonds is 2. The van der Waals surface area contributed by atoms with Gasteiger partial charge in [0.1, 0.15) is 0 Å². The number of nitrogens with one attached hydrogen (secondary N) is 2. The molecule has 0 fully saturated rings. The van der Waals surface area contributed by atoms with Gasteiger partial charge in [-0.1, -0.05) is 0 Å². The van der Waals surface area contributed by atoms with Crippen LogP contribution in [-0.4, -0.2) is 24.5 Å². The minimum absolute atomic E-state index is 0.0254. The molecule has 1 aromatic carbocycles. The molecule has 0 bridgehead atoms. The molecule has 1 amide bonds. The first-order valence-corrected chi connectivity index (χ1v) is 5.78. The van der Waals surface area contributed by atoms with Gasteiger partial charge in [-0.25, -0.2) is 4.79 Å². The Morgan fingerprint density at radius 1 is 1.35 bits per heavy atom. The van der Waals surface area contributed by atoms with E-state index in [1.54, 1.807) is 6.92 Å². The van der Waals surface area contributed by atoms with E-state index in [1.807, 2.05) is 0 Å². The predicted octanol–water partition coefficient (Wildman–Crippen LogP) is 2.00. The standard InChI is InChI=1S/C12H11F3N2O3/c1-2-20-11(19)9-10(18)17-7-4-3-6(12(13,14)15)5-8(7)16-9/h3-5,9,16H,2H2,1H3,(H,17,18). The molecule has 20 heavy (non-hydrogen) atoms. The summed E-state index contributed by atoms with van der Waals surface area (Å²) in [5.41, 5.74) is -0.663. The van der Waals surface area contributed by atoms with E-state index in [-0.39, 0.29) is 18.0 Å². The van der Waals surface area contributed by atoms with Crippen LogP contribution in [0, 0.1) is 0 Å². The third-order valence-electron chi connectivity index (χ3n) is 2.69. The topological polar surface area (TPSA) is 67.4 Å². The van der Waals surface area contributed by atoms with Crippen LogP contribution in [-0.2, 0) is 20.5 Å². The quantitative estimate of drug-likeness (QED) is 0.645. The number of amides is 1. The number of alkyl halides is 3. The van der Waals surface area contributed by atoms with Crippen molar-refractivity contribution in [3.05, 3.63) is 23.8 Å². The van der Waals surface area contributed by atoms with Crippen LogP contribution < -0.4 is 10.6 Å². The van der Waals surface area contributed by atoms with Crippen LogP contribution in [0.3, 0.4) is 0 Å². The summed E-state index contributed by atoms with van der Waals surface area (Å²) in [5, 5.41) is 4.82. The minimum atomic E-state index is -4.50. The van der Waals surface area contributed by atoms with E-state index >= 15 is 0 Å². The van der Waals surface area contributed by atoms with Crippen molar-refractivity contribution in [2.75, 3.05) is 17.2 Å². The van der Waals surface area contributed by atoms with Crippen molar-refractivity contribution in [3.8, 4) is 0 Å². The molecule has 0 saturated carbocycles. The SMILES string of the molecule is CCOC(=O)C1Nc2cc(C(F)(F)F)ccc2NC1=O. The van der Waals surface area contributed by atoms with Gasteiger partial charge in [0.05, 0.1) is 23.5 Å². The molecule has 0 radical (unpaired) electrons. The van der Waals surface area contributed by atoms with Crippen LogP contribution in [0.4, 0.5) is 24.5 Å². The van der Waals surface area contributed by atoms with Crippen molar-refractivity contribution >= 4 is 23.3 Å². The van der Waals surface area contributed by atoms with Crippen molar-refractivity contribution in [3.63, 3.8) is 0 Å². The number of benzene rings is 1. The Kier molecular flexibility index (Phi) is 3.56. The highest BCUT2D eigenvalue weighted by atomic mass is 19.4. The fourth-order valence-electron chi connectivity index (χ4n) is 1.77. The van der Waals surface area contributed by atoms with E-state index in [0.29, 0.717) is 0 Å². The molecule has 1 aromatic rings. The largest absolute Gasteiger partial charge is 0.464 e. The average Bonchev–Trinajstić information content (AvgIpc) is 2.36. The highest BCUT2D eigenvalue weighted by molar-refractivity contribution is 6.14. The molecule has 0 spiro atoms. The number of ether oxygens (including phenoxy) is 1. The van der Waals surface area contributed by atoms with Crippen molar-refractivity contribution in [2.45, 2.75) is 19.1 Å². The molecular weight excluding hydrogens is 277 g/mol. The van der Waals surface area contributed by atoms with Gasteiger partial charge in [-0.3, -0.25) is 4.79 Å². The maximum Gasteiger partial charge on any atom is 0.416 e. The molecule has 2 N–H and O–H groups in total. The number of carbonyl (C=O) groups excluding carboxylic acids is 2. The lowest BCUT2D eigenvalue weighted by Gasteiger charge is -2.26. The molecule has 1 heterocycles. The maximum absolute atomic E-state index is 12.6. The molecule has 5 nitrogen and oxygen atoms in total. The molecule has 1 aliphatic heterocycles. The van der Waals surface area contributed by atoms with Crippen LogP contribution in [0.5, 0.6) is 0 Å². The lowest BCUT2D eigenvalue weighted by Crippen LogP contribution is -2.45.